The molecule has 23 heavy (non-hydrogen) atoms. The highest BCUT2D eigenvalue weighted by molar-refractivity contribution is 7.92. The minimum absolute atomic E-state index is 0.156. The van der Waals surface area contributed by atoms with E-state index in [1.165, 1.54) is 4.31 Å². The molecule has 0 bridgehead atoms. The van der Waals surface area contributed by atoms with E-state index in [4.69, 9.17) is 11.6 Å². The topological polar surface area (TPSA) is 57.7 Å². The van der Waals surface area contributed by atoms with Crippen LogP contribution in [0.4, 0.5) is 5.69 Å². The van der Waals surface area contributed by atoms with Crippen LogP contribution in [-0.2, 0) is 14.8 Å². The standard InChI is InChI=1S/C16H23ClN2O3S/c1-12-5-4-8-18(10-12)16(20)11-19(23(3,21)22)15-7-6-14(17)9-13(15)2/h6-7,9,12H,4-5,8,10-11H2,1-3H3. The molecule has 1 aliphatic rings. The lowest BCUT2D eigenvalue weighted by Gasteiger charge is -2.33. The van der Waals surface area contributed by atoms with Crippen molar-refractivity contribution in [1.29, 1.82) is 0 Å². The molecule has 128 valence electrons. The lowest BCUT2D eigenvalue weighted by atomic mass is 10.0. The number of carbonyl (C=O) groups is 1. The van der Waals surface area contributed by atoms with Gasteiger partial charge in [-0.1, -0.05) is 18.5 Å². The average Bonchev–Trinajstić information content (AvgIpc) is 2.44. The Hall–Kier alpha value is -1.27. The number of rotatable bonds is 4. The molecule has 1 aromatic rings. The first-order valence-corrected chi connectivity index (χ1v) is 9.92. The molecule has 0 aliphatic carbocycles. The van der Waals surface area contributed by atoms with Gasteiger partial charge in [-0.05, 0) is 49.4 Å². The van der Waals surface area contributed by atoms with Crippen LogP contribution < -0.4 is 4.31 Å². The van der Waals surface area contributed by atoms with Crippen molar-refractivity contribution in [1.82, 2.24) is 4.90 Å². The van der Waals surface area contributed by atoms with Crippen molar-refractivity contribution in [3.8, 4) is 0 Å². The summed E-state index contributed by atoms with van der Waals surface area (Å²) < 4.78 is 25.5. The van der Waals surface area contributed by atoms with Gasteiger partial charge in [0.05, 0.1) is 11.9 Å². The zero-order chi connectivity index (χ0) is 17.2. The maximum absolute atomic E-state index is 12.5. The lowest BCUT2D eigenvalue weighted by molar-refractivity contribution is -0.131. The number of benzene rings is 1. The number of hydrogen-bond donors (Lipinski definition) is 0. The predicted molar refractivity (Wildman–Crippen MR) is 93.4 cm³/mol. The highest BCUT2D eigenvalue weighted by Crippen LogP contribution is 2.26. The van der Waals surface area contributed by atoms with Gasteiger partial charge in [-0.15, -0.1) is 0 Å². The molecule has 1 saturated heterocycles. The molecule has 1 heterocycles. The van der Waals surface area contributed by atoms with Gasteiger partial charge in [0.1, 0.15) is 6.54 Å². The van der Waals surface area contributed by atoms with E-state index >= 15 is 0 Å². The number of piperidine rings is 1. The number of amides is 1. The second kappa shape index (κ2) is 7.09. The van der Waals surface area contributed by atoms with Crippen LogP contribution in [0, 0.1) is 12.8 Å². The van der Waals surface area contributed by atoms with Gasteiger partial charge in [-0.3, -0.25) is 9.10 Å². The fourth-order valence-corrected chi connectivity index (χ4v) is 4.05. The highest BCUT2D eigenvalue weighted by atomic mass is 35.5. The second-order valence-electron chi connectivity index (χ2n) is 6.29. The van der Waals surface area contributed by atoms with Gasteiger partial charge in [0.15, 0.2) is 0 Å². The molecule has 0 aromatic heterocycles. The van der Waals surface area contributed by atoms with Crippen molar-refractivity contribution in [2.75, 3.05) is 30.2 Å². The van der Waals surface area contributed by atoms with Gasteiger partial charge in [0.25, 0.3) is 0 Å². The van der Waals surface area contributed by atoms with Crippen molar-refractivity contribution >= 4 is 33.2 Å². The Kier molecular flexibility index (Phi) is 5.57. The number of nitrogens with zero attached hydrogens (tertiary/aromatic N) is 2. The SMILES string of the molecule is Cc1cc(Cl)ccc1N(CC(=O)N1CCCC(C)C1)S(C)(=O)=O. The summed E-state index contributed by atoms with van der Waals surface area (Å²) in [4.78, 5) is 14.3. The second-order valence-corrected chi connectivity index (χ2v) is 8.63. The maximum Gasteiger partial charge on any atom is 0.243 e. The Bertz CT molecular complexity index is 691. The van der Waals surface area contributed by atoms with Crippen molar-refractivity contribution in [2.45, 2.75) is 26.7 Å². The Balaban J connectivity index is 2.24. The van der Waals surface area contributed by atoms with Crippen LogP contribution in [0.15, 0.2) is 18.2 Å². The van der Waals surface area contributed by atoms with Gasteiger partial charge in [0.2, 0.25) is 15.9 Å². The number of sulfonamides is 1. The first-order chi connectivity index (χ1) is 10.7. The van der Waals surface area contributed by atoms with Crippen LogP contribution in [0.5, 0.6) is 0 Å². The van der Waals surface area contributed by atoms with Crippen molar-refractivity contribution < 1.29 is 13.2 Å². The normalized spacial score (nSPS) is 18.8. The Morgan fingerprint density at radius 1 is 1.43 bits per heavy atom. The van der Waals surface area contributed by atoms with Crippen molar-refractivity contribution in [3.63, 3.8) is 0 Å². The van der Waals surface area contributed by atoms with Crippen LogP contribution in [0.3, 0.4) is 0 Å². The highest BCUT2D eigenvalue weighted by Gasteiger charge is 2.27. The summed E-state index contributed by atoms with van der Waals surface area (Å²) in [6, 6.07) is 4.98. The average molecular weight is 359 g/mol. The first-order valence-electron chi connectivity index (χ1n) is 7.70. The molecule has 1 atom stereocenters. The Morgan fingerprint density at radius 2 is 2.13 bits per heavy atom. The smallest absolute Gasteiger partial charge is 0.243 e. The monoisotopic (exact) mass is 358 g/mol. The Labute approximate surface area is 143 Å². The van der Waals surface area contributed by atoms with E-state index in [0.29, 0.717) is 29.7 Å². The third-order valence-electron chi connectivity index (χ3n) is 4.12. The van der Waals surface area contributed by atoms with E-state index in [1.807, 2.05) is 0 Å². The third kappa shape index (κ3) is 4.61. The molecule has 1 fully saturated rings. The van der Waals surface area contributed by atoms with E-state index in [0.717, 1.165) is 24.7 Å². The molecule has 0 spiro atoms. The number of carbonyl (C=O) groups excluding carboxylic acids is 1. The molecule has 0 saturated carbocycles. The Morgan fingerprint density at radius 3 is 2.70 bits per heavy atom. The minimum atomic E-state index is -3.56. The summed E-state index contributed by atoms with van der Waals surface area (Å²) in [5.41, 5.74) is 1.22. The molecular weight excluding hydrogens is 336 g/mol. The summed E-state index contributed by atoms with van der Waals surface area (Å²) in [5, 5.41) is 0.538. The van der Waals surface area contributed by atoms with Crippen molar-refractivity contribution in [2.24, 2.45) is 5.92 Å². The number of anilines is 1. The quantitative estimate of drug-likeness (QED) is 0.831. The zero-order valence-electron chi connectivity index (χ0n) is 13.8. The lowest BCUT2D eigenvalue weighted by Crippen LogP contribution is -2.46. The van der Waals surface area contributed by atoms with Gasteiger partial charge < -0.3 is 4.90 Å². The van der Waals surface area contributed by atoms with E-state index < -0.39 is 10.0 Å². The van der Waals surface area contributed by atoms with Crippen molar-refractivity contribution in [3.05, 3.63) is 28.8 Å². The molecular formula is C16H23ClN2O3S. The summed E-state index contributed by atoms with van der Waals surface area (Å²) in [5.74, 6) is 0.299. The molecule has 1 aromatic carbocycles. The number of hydrogen-bond acceptors (Lipinski definition) is 3. The summed E-state index contributed by atoms with van der Waals surface area (Å²) >= 11 is 5.94. The molecule has 2 rings (SSSR count). The first kappa shape index (κ1) is 18.1. The largest absolute Gasteiger partial charge is 0.341 e. The molecule has 5 nitrogen and oxygen atoms in total. The fraction of sp³-hybridized carbons (Fsp3) is 0.562. The molecule has 7 heteroatoms. The molecule has 1 unspecified atom stereocenters. The summed E-state index contributed by atoms with van der Waals surface area (Å²) in [6.07, 6.45) is 3.19. The minimum Gasteiger partial charge on any atom is -0.341 e. The molecule has 0 N–H and O–H groups in total. The zero-order valence-corrected chi connectivity index (χ0v) is 15.3. The van der Waals surface area contributed by atoms with E-state index in [2.05, 4.69) is 6.92 Å². The van der Waals surface area contributed by atoms with Crippen LogP contribution in [-0.4, -0.2) is 45.1 Å². The molecule has 1 aliphatic heterocycles. The predicted octanol–water partition coefficient (Wildman–Crippen LogP) is 2.67. The molecule has 1 amide bonds. The fourth-order valence-electron chi connectivity index (χ4n) is 2.92. The van der Waals surface area contributed by atoms with E-state index in [1.54, 1.807) is 30.0 Å². The number of aryl methyl sites for hydroxylation is 1. The van der Waals surface area contributed by atoms with E-state index in [9.17, 15) is 13.2 Å². The maximum atomic E-state index is 12.5. The van der Waals surface area contributed by atoms with Gasteiger partial charge in [-0.25, -0.2) is 8.42 Å². The summed E-state index contributed by atoms with van der Waals surface area (Å²) in [7, 11) is -3.56. The van der Waals surface area contributed by atoms with Crippen LogP contribution in [0.2, 0.25) is 5.02 Å². The molecule has 0 radical (unpaired) electrons. The number of halogens is 1. The van der Waals surface area contributed by atoms with Crippen LogP contribution >= 0.6 is 11.6 Å². The summed E-state index contributed by atoms with van der Waals surface area (Å²) in [6.45, 7) is 5.11. The van der Waals surface area contributed by atoms with Gasteiger partial charge in [-0.2, -0.15) is 0 Å². The number of likely N-dealkylation sites (tertiary alicyclic amines) is 1. The van der Waals surface area contributed by atoms with Crippen LogP contribution in [0.25, 0.3) is 0 Å². The van der Waals surface area contributed by atoms with Gasteiger partial charge >= 0.3 is 0 Å². The van der Waals surface area contributed by atoms with E-state index in [-0.39, 0.29) is 12.5 Å². The van der Waals surface area contributed by atoms with Gasteiger partial charge in [0, 0.05) is 18.1 Å². The third-order valence-corrected chi connectivity index (χ3v) is 5.48. The van der Waals surface area contributed by atoms with Crippen LogP contribution in [0.1, 0.15) is 25.3 Å².